The first-order valence-corrected chi connectivity index (χ1v) is 6.24. The van der Waals surface area contributed by atoms with E-state index in [9.17, 15) is 0 Å². The maximum absolute atomic E-state index is 4.30. The Morgan fingerprint density at radius 3 is 2.53 bits per heavy atom. The van der Waals surface area contributed by atoms with E-state index in [2.05, 4.69) is 48.5 Å². The number of rotatable bonds is 3. The first-order chi connectivity index (χ1) is 7.31. The Morgan fingerprint density at radius 2 is 2.00 bits per heavy atom. The lowest BCUT2D eigenvalue weighted by Gasteiger charge is -2.08. The molecule has 1 nitrogen and oxygen atoms in total. The topological polar surface area (TPSA) is 12.9 Å². The molecule has 1 atom stereocenters. The zero-order chi connectivity index (χ0) is 10.7. The van der Waals surface area contributed by atoms with Crippen molar-refractivity contribution in [1.82, 2.24) is 4.98 Å². The van der Waals surface area contributed by atoms with Gasteiger partial charge < -0.3 is 0 Å². The third-order valence-corrected chi connectivity index (χ3v) is 3.41. The van der Waals surface area contributed by atoms with Crippen LogP contribution in [0.2, 0.25) is 0 Å². The minimum absolute atomic E-state index is 0.648. The minimum atomic E-state index is 0.648. The van der Waals surface area contributed by atoms with Crippen molar-refractivity contribution in [2.24, 2.45) is 0 Å². The minimum Gasteiger partial charge on any atom is -0.245 e. The maximum Gasteiger partial charge on any atom is 0.0811 e. The summed E-state index contributed by atoms with van der Waals surface area (Å²) in [6.45, 7) is 4.48. The molecule has 15 heavy (non-hydrogen) atoms. The van der Waals surface area contributed by atoms with Gasteiger partial charge in [0.05, 0.1) is 11.2 Å². The van der Waals surface area contributed by atoms with Gasteiger partial charge in [-0.05, 0) is 17.9 Å². The second kappa shape index (κ2) is 4.58. The van der Waals surface area contributed by atoms with Crippen molar-refractivity contribution in [2.45, 2.75) is 26.2 Å². The lowest BCUT2D eigenvalue weighted by atomic mass is 9.97. The van der Waals surface area contributed by atoms with Gasteiger partial charge in [-0.2, -0.15) is 0 Å². The third kappa shape index (κ3) is 2.26. The van der Waals surface area contributed by atoms with Crippen molar-refractivity contribution in [3.8, 4) is 11.3 Å². The Balaban J connectivity index is 2.25. The van der Waals surface area contributed by atoms with E-state index >= 15 is 0 Å². The predicted octanol–water partition coefficient (Wildman–Crippen LogP) is 4.32. The standard InChI is InChI=1S/C13H15NS/c1-3-10(2)11-4-6-12(7-5-11)13-8-15-9-14-13/h4-10H,3H2,1-2H3. The molecule has 0 aliphatic rings. The highest BCUT2D eigenvalue weighted by molar-refractivity contribution is 7.07. The van der Waals surface area contributed by atoms with Crippen molar-refractivity contribution < 1.29 is 0 Å². The van der Waals surface area contributed by atoms with Crippen LogP contribution in [0.1, 0.15) is 31.7 Å². The molecule has 2 heteroatoms. The highest BCUT2D eigenvalue weighted by atomic mass is 32.1. The highest BCUT2D eigenvalue weighted by Gasteiger charge is 2.03. The average molecular weight is 217 g/mol. The maximum atomic E-state index is 4.30. The normalized spacial score (nSPS) is 12.7. The van der Waals surface area contributed by atoms with Crippen molar-refractivity contribution in [2.75, 3.05) is 0 Å². The van der Waals surface area contributed by atoms with E-state index in [4.69, 9.17) is 0 Å². The van der Waals surface area contributed by atoms with Crippen LogP contribution in [0.25, 0.3) is 11.3 Å². The van der Waals surface area contributed by atoms with Gasteiger partial charge in [-0.1, -0.05) is 38.1 Å². The van der Waals surface area contributed by atoms with E-state index in [1.165, 1.54) is 17.5 Å². The van der Waals surface area contributed by atoms with E-state index in [1.807, 2.05) is 5.51 Å². The summed E-state index contributed by atoms with van der Waals surface area (Å²) < 4.78 is 0. The summed E-state index contributed by atoms with van der Waals surface area (Å²) in [5, 5.41) is 2.08. The number of thiazole rings is 1. The highest BCUT2D eigenvalue weighted by Crippen LogP contribution is 2.23. The van der Waals surface area contributed by atoms with Crippen LogP contribution in [0.15, 0.2) is 35.2 Å². The van der Waals surface area contributed by atoms with E-state index in [1.54, 1.807) is 11.3 Å². The summed E-state index contributed by atoms with van der Waals surface area (Å²) in [5.74, 6) is 0.648. The molecule has 0 aliphatic carbocycles. The van der Waals surface area contributed by atoms with Crippen molar-refractivity contribution in [1.29, 1.82) is 0 Å². The van der Waals surface area contributed by atoms with Crippen LogP contribution in [0.3, 0.4) is 0 Å². The monoisotopic (exact) mass is 217 g/mol. The molecule has 0 amide bonds. The van der Waals surface area contributed by atoms with Gasteiger partial charge in [0, 0.05) is 10.9 Å². The number of hydrogen-bond acceptors (Lipinski definition) is 2. The van der Waals surface area contributed by atoms with Crippen LogP contribution < -0.4 is 0 Å². The molecule has 1 unspecified atom stereocenters. The van der Waals surface area contributed by atoms with Crippen LogP contribution in [0, 0.1) is 0 Å². The average Bonchev–Trinajstić information content (AvgIpc) is 2.82. The Morgan fingerprint density at radius 1 is 1.27 bits per heavy atom. The summed E-state index contributed by atoms with van der Waals surface area (Å²) in [6, 6.07) is 8.75. The number of benzene rings is 1. The van der Waals surface area contributed by atoms with Gasteiger partial charge in [0.2, 0.25) is 0 Å². The molecule has 78 valence electrons. The molecule has 2 aromatic rings. The fourth-order valence-corrected chi connectivity index (χ4v) is 2.13. The lowest BCUT2D eigenvalue weighted by Crippen LogP contribution is -1.90. The third-order valence-electron chi connectivity index (χ3n) is 2.82. The van der Waals surface area contributed by atoms with Crippen LogP contribution in [0.5, 0.6) is 0 Å². The van der Waals surface area contributed by atoms with E-state index in [0.717, 1.165) is 5.69 Å². The predicted molar refractivity (Wildman–Crippen MR) is 66.3 cm³/mol. The van der Waals surface area contributed by atoms with Crippen LogP contribution in [0.4, 0.5) is 0 Å². The van der Waals surface area contributed by atoms with Crippen LogP contribution >= 0.6 is 11.3 Å². The molecule has 0 saturated carbocycles. The van der Waals surface area contributed by atoms with Crippen molar-refractivity contribution in [3.63, 3.8) is 0 Å². The Kier molecular flexibility index (Phi) is 3.17. The molecule has 1 heterocycles. The smallest absolute Gasteiger partial charge is 0.0811 e. The molecule has 0 N–H and O–H groups in total. The van der Waals surface area contributed by atoms with Gasteiger partial charge in [-0.3, -0.25) is 0 Å². The zero-order valence-electron chi connectivity index (χ0n) is 9.10. The van der Waals surface area contributed by atoms with Gasteiger partial charge in [-0.25, -0.2) is 4.98 Å². The molecule has 0 aliphatic heterocycles. The van der Waals surface area contributed by atoms with Crippen molar-refractivity contribution >= 4 is 11.3 Å². The first-order valence-electron chi connectivity index (χ1n) is 5.29. The molecule has 0 fully saturated rings. The van der Waals surface area contributed by atoms with Gasteiger partial charge in [0.25, 0.3) is 0 Å². The number of hydrogen-bond donors (Lipinski definition) is 0. The molecule has 2 rings (SSSR count). The summed E-state index contributed by atoms with van der Waals surface area (Å²) >= 11 is 1.64. The van der Waals surface area contributed by atoms with E-state index in [0.29, 0.717) is 5.92 Å². The summed E-state index contributed by atoms with van der Waals surface area (Å²) in [6.07, 6.45) is 1.19. The van der Waals surface area contributed by atoms with Crippen LogP contribution in [-0.2, 0) is 0 Å². The molecular formula is C13H15NS. The number of nitrogens with zero attached hydrogens (tertiary/aromatic N) is 1. The largest absolute Gasteiger partial charge is 0.245 e. The summed E-state index contributed by atoms with van der Waals surface area (Å²) in [7, 11) is 0. The number of aromatic nitrogens is 1. The molecule has 0 bridgehead atoms. The second-order valence-electron chi connectivity index (χ2n) is 3.80. The summed E-state index contributed by atoms with van der Waals surface area (Å²) in [4.78, 5) is 4.30. The molecule has 0 spiro atoms. The first kappa shape index (κ1) is 10.4. The van der Waals surface area contributed by atoms with Gasteiger partial charge in [0.15, 0.2) is 0 Å². The molecule has 1 aromatic heterocycles. The molecular weight excluding hydrogens is 202 g/mol. The quantitative estimate of drug-likeness (QED) is 0.746. The molecule has 0 radical (unpaired) electrons. The Labute approximate surface area is 94.8 Å². The van der Waals surface area contributed by atoms with Gasteiger partial charge in [0.1, 0.15) is 0 Å². The zero-order valence-corrected chi connectivity index (χ0v) is 9.92. The fraction of sp³-hybridized carbons (Fsp3) is 0.308. The van der Waals surface area contributed by atoms with Gasteiger partial charge >= 0.3 is 0 Å². The van der Waals surface area contributed by atoms with Crippen molar-refractivity contribution in [3.05, 3.63) is 40.7 Å². The second-order valence-corrected chi connectivity index (χ2v) is 4.52. The van der Waals surface area contributed by atoms with E-state index < -0.39 is 0 Å². The Hall–Kier alpha value is -1.15. The van der Waals surface area contributed by atoms with Crippen LogP contribution in [-0.4, -0.2) is 4.98 Å². The fourth-order valence-electron chi connectivity index (χ4n) is 1.57. The SMILES string of the molecule is CCC(C)c1ccc(-c2cscn2)cc1. The molecule has 0 saturated heterocycles. The Bertz CT molecular complexity index is 403. The molecule has 1 aromatic carbocycles. The van der Waals surface area contributed by atoms with Gasteiger partial charge in [-0.15, -0.1) is 11.3 Å². The summed E-state index contributed by atoms with van der Waals surface area (Å²) in [5.41, 5.74) is 5.58. The lowest BCUT2D eigenvalue weighted by molar-refractivity contribution is 0.734. The van der Waals surface area contributed by atoms with E-state index in [-0.39, 0.29) is 0 Å².